The number of nitrogens with one attached hydrogen (secondary N) is 1. The average Bonchev–Trinajstić information content (AvgIpc) is 2.86. The Labute approximate surface area is 120 Å². The minimum absolute atomic E-state index is 0.0535. The first-order valence-electron chi connectivity index (χ1n) is 6.47. The van der Waals surface area contributed by atoms with Crippen LogP contribution in [-0.2, 0) is 0 Å². The SMILES string of the molecule is Cc1cn(-c2ccccc2)c(Nc2cccc(F)c2F)n1. The lowest BCUT2D eigenvalue weighted by Gasteiger charge is -2.10. The van der Waals surface area contributed by atoms with Gasteiger partial charge in [-0.05, 0) is 31.2 Å². The molecule has 3 aromatic rings. The van der Waals surface area contributed by atoms with E-state index in [1.54, 1.807) is 4.57 Å². The zero-order chi connectivity index (χ0) is 14.8. The highest BCUT2D eigenvalue weighted by Crippen LogP contribution is 2.23. The Balaban J connectivity index is 2.02. The number of hydrogen-bond donors (Lipinski definition) is 1. The monoisotopic (exact) mass is 285 g/mol. The topological polar surface area (TPSA) is 29.9 Å². The first-order chi connectivity index (χ1) is 10.1. The maximum atomic E-state index is 13.8. The number of hydrogen-bond acceptors (Lipinski definition) is 2. The quantitative estimate of drug-likeness (QED) is 0.781. The number of aromatic nitrogens is 2. The first-order valence-corrected chi connectivity index (χ1v) is 6.47. The second-order valence-corrected chi connectivity index (χ2v) is 4.64. The molecule has 0 aliphatic heterocycles. The zero-order valence-electron chi connectivity index (χ0n) is 11.3. The molecule has 1 aromatic heterocycles. The highest BCUT2D eigenvalue weighted by Gasteiger charge is 2.12. The summed E-state index contributed by atoms with van der Waals surface area (Å²) < 4.78 is 28.8. The number of nitrogens with zero attached hydrogens (tertiary/aromatic N) is 2. The van der Waals surface area contributed by atoms with Gasteiger partial charge in [-0.25, -0.2) is 13.8 Å². The van der Waals surface area contributed by atoms with Crippen molar-refractivity contribution in [3.05, 3.63) is 72.1 Å². The van der Waals surface area contributed by atoms with Gasteiger partial charge in [-0.1, -0.05) is 24.3 Å². The van der Waals surface area contributed by atoms with Gasteiger partial charge >= 0.3 is 0 Å². The molecule has 3 rings (SSSR count). The van der Waals surface area contributed by atoms with E-state index in [0.717, 1.165) is 17.4 Å². The Kier molecular flexibility index (Phi) is 3.39. The van der Waals surface area contributed by atoms with E-state index in [1.165, 1.54) is 12.1 Å². The Morgan fingerprint density at radius 3 is 2.52 bits per heavy atom. The van der Waals surface area contributed by atoms with Crippen molar-refractivity contribution >= 4 is 11.6 Å². The van der Waals surface area contributed by atoms with Crippen LogP contribution >= 0.6 is 0 Å². The van der Waals surface area contributed by atoms with Gasteiger partial charge in [0.25, 0.3) is 0 Å². The third-order valence-corrected chi connectivity index (χ3v) is 3.06. The van der Waals surface area contributed by atoms with Crippen molar-refractivity contribution in [1.82, 2.24) is 9.55 Å². The van der Waals surface area contributed by atoms with Crippen molar-refractivity contribution < 1.29 is 8.78 Å². The Hall–Kier alpha value is -2.69. The van der Waals surface area contributed by atoms with Crippen molar-refractivity contribution in [3.8, 4) is 5.69 Å². The van der Waals surface area contributed by atoms with Gasteiger partial charge in [0.2, 0.25) is 5.95 Å². The summed E-state index contributed by atoms with van der Waals surface area (Å²) in [6, 6.07) is 13.5. The minimum atomic E-state index is -0.919. The number of imidazole rings is 1. The second kappa shape index (κ2) is 5.36. The molecule has 0 saturated carbocycles. The molecule has 106 valence electrons. The number of halogens is 2. The van der Waals surface area contributed by atoms with Crippen LogP contribution < -0.4 is 5.32 Å². The minimum Gasteiger partial charge on any atom is -0.323 e. The fraction of sp³-hybridized carbons (Fsp3) is 0.0625. The molecule has 1 heterocycles. The van der Waals surface area contributed by atoms with Crippen molar-refractivity contribution in [2.24, 2.45) is 0 Å². The normalized spacial score (nSPS) is 10.6. The maximum Gasteiger partial charge on any atom is 0.212 e. The van der Waals surface area contributed by atoms with E-state index in [9.17, 15) is 8.78 Å². The molecule has 0 amide bonds. The zero-order valence-corrected chi connectivity index (χ0v) is 11.3. The molecule has 3 nitrogen and oxygen atoms in total. The molecule has 1 N–H and O–H groups in total. The van der Waals surface area contributed by atoms with Gasteiger partial charge < -0.3 is 5.32 Å². The van der Waals surface area contributed by atoms with Crippen LogP contribution in [0.1, 0.15) is 5.69 Å². The first kappa shape index (κ1) is 13.3. The number of aryl methyl sites for hydroxylation is 1. The van der Waals surface area contributed by atoms with Crippen molar-refractivity contribution in [1.29, 1.82) is 0 Å². The van der Waals surface area contributed by atoms with Crippen LogP contribution in [0.3, 0.4) is 0 Å². The Morgan fingerprint density at radius 1 is 1.00 bits per heavy atom. The van der Waals surface area contributed by atoms with Gasteiger partial charge in [0.1, 0.15) is 0 Å². The Bertz CT molecular complexity index is 766. The molecule has 21 heavy (non-hydrogen) atoms. The second-order valence-electron chi connectivity index (χ2n) is 4.64. The van der Waals surface area contributed by atoms with Crippen LogP contribution in [0.5, 0.6) is 0 Å². The summed E-state index contributed by atoms with van der Waals surface area (Å²) in [7, 11) is 0. The van der Waals surface area contributed by atoms with Crippen LogP contribution in [0.2, 0.25) is 0 Å². The van der Waals surface area contributed by atoms with Crippen molar-refractivity contribution in [3.63, 3.8) is 0 Å². The molecule has 0 fully saturated rings. The van der Waals surface area contributed by atoms with Crippen molar-refractivity contribution in [2.75, 3.05) is 5.32 Å². The lowest BCUT2D eigenvalue weighted by Crippen LogP contribution is -2.03. The van der Waals surface area contributed by atoms with Crippen LogP contribution in [0.25, 0.3) is 5.69 Å². The van der Waals surface area contributed by atoms with Gasteiger partial charge in [0.05, 0.1) is 11.4 Å². The molecule has 0 aliphatic rings. The summed E-state index contributed by atoms with van der Waals surface area (Å²) in [6.07, 6.45) is 1.83. The summed E-state index contributed by atoms with van der Waals surface area (Å²) in [6.45, 7) is 1.84. The van der Waals surface area contributed by atoms with E-state index in [2.05, 4.69) is 10.3 Å². The summed E-state index contributed by atoms with van der Waals surface area (Å²) in [5.41, 5.74) is 1.72. The molecule has 5 heteroatoms. The summed E-state index contributed by atoms with van der Waals surface area (Å²) >= 11 is 0. The van der Waals surface area contributed by atoms with Gasteiger partial charge in [0, 0.05) is 11.9 Å². The number of para-hydroxylation sites is 1. The molecule has 0 unspecified atom stereocenters. The smallest absolute Gasteiger partial charge is 0.212 e. The van der Waals surface area contributed by atoms with E-state index < -0.39 is 11.6 Å². The van der Waals surface area contributed by atoms with E-state index in [4.69, 9.17) is 0 Å². The van der Waals surface area contributed by atoms with Crippen LogP contribution in [0.4, 0.5) is 20.4 Å². The molecule has 0 bridgehead atoms. The predicted octanol–water partition coefficient (Wildman–Crippen LogP) is 4.20. The highest BCUT2D eigenvalue weighted by molar-refractivity contribution is 5.57. The molecule has 0 atom stereocenters. The maximum absolute atomic E-state index is 13.8. The van der Waals surface area contributed by atoms with E-state index in [-0.39, 0.29) is 5.69 Å². The fourth-order valence-electron chi connectivity index (χ4n) is 2.09. The average molecular weight is 285 g/mol. The standard InChI is InChI=1S/C16H13F2N3/c1-11-10-21(12-6-3-2-4-7-12)16(19-11)20-14-9-5-8-13(17)15(14)18/h2-10H,1H3,(H,19,20). The third-order valence-electron chi connectivity index (χ3n) is 3.06. The molecule has 0 spiro atoms. The molecule has 0 radical (unpaired) electrons. The largest absolute Gasteiger partial charge is 0.323 e. The molecule has 0 saturated heterocycles. The fourth-order valence-corrected chi connectivity index (χ4v) is 2.09. The molecule has 2 aromatic carbocycles. The molecule has 0 aliphatic carbocycles. The Morgan fingerprint density at radius 2 is 1.76 bits per heavy atom. The van der Waals surface area contributed by atoms with Crippen LogP contribution in [0, 0.1) is 18.6 Å². The summed E-state index contributed by atoms with van der Waals surface area (Å²) in [4.78, 5) is 4.32. The van der Waals surface area contributed by atoms with E-state index in [0.29, 0.717) is 5.95 Å². The van der Waals surface area contributed by atoms with Crippen LogP contribution in [0.15, 0.2) is 54.7 Å². The third kappa shape index (κ3) is 2.63. The van der Waals surface area contributed by atoms with E-state index >= 15 is 0 Å². The van der Waals surface area contributed by atoms with E-state index in [1.807, 2.05) is 43.5 Å². The number of anilines is 2. The predicted molar refractivity (Wildman–Crippen MR) is 77.9 cm³/mol. The van der Waals surface area contributed by atoms with Gasteiger partial charge in [-0.2, -0.15) is 0 Å². The highest BCUT2D eigenvalue weighted by atomic mass is 19.2. The summed E-state index contributed by atoms with van der Waals surface area (Å²) in [5.74, 6) is -1.38. The van der Waals surface area contributed by atoms with Gasteiger partial charge in [0.15, 0.2) is 11.6 Å². The van der Waals surface area contributed by atoms with Gasteiger partial charge in [-0.3, -0.25) is 4.57 Å². The molecular formula is C16H13F2N3. The molecular weight excluding hydrogens is 272 g/mol. The number of rotatable bonds is 3. The van der Waals surface area contributed by atoms with Crippen LogP contribution in [-0.4, -0.2) is 9.55 Å². The number of benzene rings is 2. The summed E-state index contributed by atoms with van der Waals surface area (Å²) in [5, 5.41) is 2.84. The van der Waals surface area contributed by atoms with Crippen molar-refractivity contribution in [2.45, 2.75) is 6.92 Å². The lowest BCUT2D eigenvalue weighted by molar-refractivity contribution is 0.511. The lowest BCUT2D eigenvalue weighted by atomic mass is 10.3. The van der Waals surface area contributed by atoms with Gasteiger partial charge in [-0.15, -0.1) is 0 Å².